The highest BCUT2D eigenvalue weighted by atomic mass is 15.0. The third-order valence-corrected chi connectivity index (χ3v) is 3.25. The summed E-state index contributed by atoms with van der Waals surface area (Å²) < 4.78 is 2.18. The van der Waals surface area contributed by atoms with Crippen LogP contribution in [0, 0.1) is 12.8 Å². The quantitative estimate of drug-likeness (QED) is 0.846. The first-order valence-corrected chi connectivity index (χ1v) is 5.98. The van der Waals surface area contributed by atoms with Crippen molar-refractivity contribution >= 4 is 5.65 Å². The van der Waals surface area contributed by atoms with Crippen LogP contribution in [0.1, 0.15) is 24.2 Å². The second kappa shape index (κ2) is 3.91. The lowest BCUT2D eigenvalue weighted by atomic mass is 10.3. The van der Waals surface area contributed by atoms with Gasteiger partial charge in [0.05, 0.1) is 11.4 Å². The van der Waals surface area contributed by atoms with Crippen LogP contribution in [0.15, 0.2) is 24.4 Å². The molecule has 84 valence electrons. The van der Waals surface area contributed by atoms with E-state index in [2.05, 4.69) is 40.0 Å². The number of aryl methyl sites for hydroxylation is 1. The van der Waals surface area contributed by atoms with E-state index in [0.29, 0.717) is 0 Å². The Kier molecular flexibility index (Phi) is 2.40. The molecule has 0 atom stereocenters. The summed E-state index contributed by atoms with van der Waals surface area (Å²) in [7, 11) is 0. The zero-order valence-corrected chi connectivity index (χ0v) is 9.61. The van der Waals surface area contributed by atoms with Crippen molar-refractivity contribution < 1.29 is 0 Å². The van der Waals surface area contributed by atoms with E-state index in [1.165, 1.54) is 18.5 Å². The van der Waals surface area contributed by atoms with Gasteiger partial charge in [0.2, 0.25) is 0 Å². The van der Waals surface area contributed by atoms with Crippen molar-refractivity contribution in [3.8, 4) is 0 Å². The number of nitrogens with one attached hydrogen (secondary N) is 1. The molecule has 0 spiro atoms. The molecule has 3 rings (SSSR count). The third kappa shape index (κ3) is 1.83. The first kappa shape index (κ1) is 9.85. The summed E-state index contributed by atoms with van der Waals surface area (Å²) in [6.07, 6.45) is 4.89. The van der Waals surface area contributed by atoms with Crippen LogP contribution in [0.2, 0.25) is 0 Å². The molecule has 3 nitrogen and oxygen atoms in total. The minimum Gasteiger partial charge on any atom is -0.311 e. The molecule has 0 unspecified atom stereocenters. The normalized spacial score (nSPS) is 15.8. The lowest BCUT2D eigenvalue weighted by molar-refractivity contribution is 0.625. The standard InChI is InChI=1S/C13H17N3/c1-10-12(9-14-8-11-5-6-11)16-7-3-2-4-13(16)15-10/h2-4,7,11,14H,5-6,8-9H2,1H3. The van der Waals surface area contributed by atoms with E-state index < -0.39 is 0 Å². The van der Waals surface area contributed by atoms with Gasteiger partial charge in [0.15, 0.2) is 0 Å². The van der Waals surface area contributed by atoms with Crippen molar-refractivity contribution in [2.24, 2.45) is 5.92 Å². The molecule has 0 aliphatic heterocycles. The molecule has 16 heavy (non-hydrogen) atoms. The van der Waals surface area contributed by atoms with Crippen LogP contribution < -0.4 is 5.32 Å². The summed E-state index contributed by atoms with van der Waals surface area (Å²) in [4.78, 5) is 4.55. The largest absolute Gasteiger partial charge is 0.311 e. The minimum atomic E-state index is 0.924. The van der Waals surface area contributed by atoms with Crippen LogP contribution in [-0.4, -0.2) is 15.9 Å². The van der Waals surface area contributed by atoms with Crippen LogP contribution in [0.25, 0.3) is 5.65 Å². The van der Waals surface area contributed by atoms with Gasteiger partial charge in [-0.3, -0.25) is 0 Å². The molecule has 3 heteroatoms. The number of rotatable bonds is 4. The molecule has 0 aromatic carbocycles. The Morgan fingerprint density at radius 3 is 3.12 bits per heavy atom. The maximum absolute atomic E-state index is 4.55. The van der Waals surface area contributed by atoms with Crippen LogP contribution in [0.4, 0.5) is 0 Å². The molecule has 0 radical (unpaired) electrons. The predicted octanol–water partition coefficient (Wildman–Crippen LogP) is 2.14. The molecular formula is C13H17N3. The van der Waals surface area contributed by atoms with Crippen molar-refractivity contribution in [2.45, 2.75) is 26.3 Å². The second-order valence-electron chi connectivity index (χ2n) is 4.65. The fourth-order valence-electron chi connectivity index (χ4n) is 2.09. The molecule has 0 bridgehead atoms. The van der Waals surface area contributed by atoms with Crippen molar-refractivity contribution in [1.82, 2.24) is 14.7 Å². The van der Waals surface area contributed by atoms with Gasteiger partial charge < -0.3 is 9.72 Å². The van der Waals surface area contributed by atoms with Gasteiger partial charge in [-0.15, -0.1) is 0 Å². The summed E-state index contributed by atoms with van der Waals surface area (Å²) >= 11 is 0. The van der Waals surface area contributed by atoms with Gasteiger partial charge in [-0.25, -0.2) is 4.98 Å². The van der Waals surface area contributed by atoms with Gasteiger partial charge >= 0.3 is 0 Å². The highest BCUT2D eigenvalue weighted by Crippen LogP contribution is 2.27. The van der Waals surface area contributed by atoms with Crippen LogP contribution in [0.5, 0.6) is 0 Å². The fraction of sp³-hybridized carbons (Fsp3) is 0.462. The molecule has 1 fully saturated rings. The van der Waals surface area contributed by atoms with E-state index in [4.69, 9.17) is 0 Å². The number of hydrogen-bond donors (Lipinski definition) is 1. The Hall–Kier alpha value is -1.35. The van der Waals surface area contributed by atoms with E-state index in [0.717, 1.165) is 30.3 Å². The molecule has 1 saturated carbocycles. The van der Waals surface area contributed by atoms with E-state index in [1.807, 2.05) is 6.07 Å². The number of pyridine rings is 1. The zero-order chi connectivity index (χ0) is 11.0. The van der Waals surface area contributed by atoms with E-state index in [9.17, 15) is 0 Å². The zero-order valence-electron chi connectivity index (χ0n) is 9.61. The molecule has 1 aliphatic rings. The molecule has 2 heterocycles. The average Bonchev–Trinajstić information content (AvgIpc) is 3.04. The Morgan fingerprint density at radius 1 is 1.44 bits per heavy atom. The number of fused-ring (bicyclic) bond motifs is 1. The smallest absolute Gasteiger partial charge is 0.137 e. The summed E-state index contributed by atoms with van der Waals surface area (Å²) in [5, 5.41) is 3.52. The summed E-state index contributed by atoms with van der Waals surface area (Å²) in [5.74, 6) is 0.930. The molecular weight excluding hydrogens is 198 g/mol. The Bertz CT molecular complexity index is 497. The maximum Gasteiger partial charge on any atom is 0.137 e. The summed E-state index contributed by atoms with van der Waals surface area (Å²) in [6, 6.07) is 6.14. The van der Waals surface area contributed by atoms with Gasteiger partial charge in [0.25, 0.3) is 0 Å². The lowest BCUT2D eigenvalue weighted by Gasteiger charge is -2.04. The van der Waals surface area contributed by atoms with Crippen molar-refractivity contribution in [1.29, 1.82) is 0 Å². The molecule has 1 N–H and O–H groups in total. The monoisotopic (exact) mass is 215 g/mol. The second-order valence-corrected chi connectivity index (χ2v) is 4.65. The van der Waals surface area contributed by atoms with Crippen LogP contribution >= 0.6 is 0 Å². The number of aromatic nitrogens is 2. The molecule has 0 amide bonds. The summed E-state index contributed by atoms with van der Waals surface area (Å²) in [6.45, 7) is 4.16. The van der Waals surface area contributed by atoms with E-state index >= 15 is 0 Å². The molecule has 1 aliphatic carbocycles. The SMILES string of the molecule is Cc1nc2ccccn2c1CNCC1CC1. The first-order chi connectivity index (χ1) is 7.84. The van der Waals surface area contributed by atoms with Gasteiger partial charge in [-0.05, 0) is 44.4 Å². The fourth-order valence-corrected chi connectivity index (χ4v) is 2.09. The molecule has 2 aromatic rings. The van der Waals surface area contributed by atoms with Crippen molar-refractivity contribution in [3.05, 3.63) is 35.8 Å². The highest BCUT2D eigenvalue weighted by Gasteiger charge is 2.20. The minimum absolute atomic E-state index is 0.924. The lowest BCUT2D eigenvalue weighted by Crippen LogP contribution is -2.17. The highest BCUT2D eigenvalue weighted by molar-refractivity contribution is 5.42. The Morgan fingerprint density at radius 2 is 2.31 bits per heavy atom. The van der Waals surface area contributed by atoms with Gasteiger partial charge in [-0.1, -0.05) is 6.07 Å². The molecule has 2 aromatic heterocycles. The predicted molar refractivity (Wildman–Crippen MR) is 64.4 cm³/mol. The first-order valence-electron chi connectivity index (χ1n) is 5.98. The molecule has 0 saturated heterocycles. The third-order valence-electron chi connectivity index (χ3n) is 3.25. The number of imidazole rings is 1. The average molecular weight is 215 g/mol. The Balaban J connectivity index is 1.80. The van der Waals surface area contributed by atoms with Gasteiger partial charge in [-0.2, -0.15) is 0 Å². The topological polar surface area (TPSA) is 29.3 Å². The maximum atomic E-state index is 4.55. The Labute approximate surface area is 95.5 Å². The number of nitrogens with zero attached hydrogens (tertiary/aromatic N) is 2. The van der Waals surface area contributed by atoms with Gasteiger partial charge in [0, 0.05) is 12.7 Å². The summed E-state index contributed by atoms with van der Waals surface area (Å²) in [5.41, 5.74) is 3.47. The van der Waals surface area contributed by atoms with E-state index in [1.54, 1.807) is 0 Å². The van der Waals surface area contributed by atoms with Gasteiger partial charge in [0.1, 0.15) is 5.65 Å². The number of hydrogen-bond acceptors (Lipinski definition) is 2. The van der Waals surface area contributed by atoms with Crippen molar-refractivity contribution in [2.75, 3.05) is 6.54 Å². The van der Waals surface area contributed by atoms with Crippen LogP contribution in [-0.2, 0) is 6.54 Å². The van der Waals surface area contributed by atoms with E-state index in [-0.39, 0.29) is 0 Å². The van der Waals surface area contributed by atoms with Crippen LogP contribution in [0.3, 0.4) is 0 Å². The van der Waals surface area contributed by atoms with Crippen molar-refractivity contribution in [3.63, 3.8) is 0 Å².